The summed E-state index contributed by atoms with van der Waals surface area (Å²) in [6.07, 6.45) is 2.71. The van der Waals surface area contributed by atoms with E-state index in [4.69, 9.17) is 14.2 Å². The predicted molar refractivity (Wildman–Crippen MR) is 272 cm³/mol. The van der Waals surface area contributed by atoms with Crippen LogP contribution in [0, 0.1) is 5.82 Å². The fourth-order valence-corrected chi connectivity index (χ4v) is 9.31. The van der Waals surface area contributed by atoms with Crippen molar-refractivity contribution in [1.29, 1.82) is 0 Å². The SMILES string of the molecule is CN1C(=O)[C@H](CCCCNC(=O)OC(C)(C)C)NC(=O)[C@H](CCCNC(=O)OC(C)(C)C)NCc2cccnc2Sc2c(F)ccc(Br)c2CNC(=O)[C@@H]1Cc1cn(C(=O)OC(C)(C)C)c2ccccc12. The zero-order valence-corrected chi connectivity index (χ0v) is 44.7. The molecular weight excluding hydrogens is 1000 g/mol. The topological polar surface area (TPSA) is 211 Å². The van der Waals surface area contributed by atoms with Gasteiger partial charge in [-0.25, -0.2) is 23.8 Å². The Balaban J connectivity index is 1.56. The van der Waals surface area contributed by atoms with E-state index in [1.54, 1.807) is 105 Å². The van der Waals surface area contributed by atoms with Crippen molar-refractivity contribution in [3.8, 4) is 0 Å². The Morgan fingerprint density at radius 2 is 1.44 bits per heavy atom. The molecule has 4 aromatic rings. The number of likely N-dealkylation sites (N-methyl/N-ethyl adjacent to an activating group) is 1. The summed E-state index contributed by atoms with van der Waals surface area (Å²) in [5.74, 6) is -2.25. The van der Waals surface area contributed by atoms with Crippen LogP contribution < -0.4 is 26.6 Å². The molecule has 0 aliphatic carbocycles. The van der Waals surface area contributed by atoms with Crippen LogP contribution in [0.25, 0.3) is 10.9 Å². The summed E-state index contributed by atoms with van der Waals surface area (Å²) in [6, 6.07) is 10.2. The monoisotopic (exact) mass is 1070 g/mol. The number of fused-ring (bicyclic) bond motifs is 3. The van der Waals surface area contributed by atoms with Crippen LogP contribution in [0.4, 0.5) is 18.8 Å². The first-order valence-corrected chi connectivity index (χ1v) is 25.3. The minimum Gasteiger partial charge on any atom is -0.444 e. The lowest BCUT2D eigenvalue weighted by atomic mass is 10.0. The van der Waals surface area contributed by atoms with Gasteiger partial charge in [-0.3, -0.25) is 19.0 Å². The van der Waals surface area contributed by atoms with Crippen LogP contribution in [0.1, 0.15) is 111 Å². The fourth-order valence-electron chi connectivity index (χ4n) is 7.66. The summed E-state index contributed by atoms with van der Waals surface area (Å²) < 4.78 is 34.4. The number of carbonyl (C=O) groups is 6. The number of unbranched alkanes of at least 4 members (excludes halogenated alkanes) is 1. The van der Waals surface area contributed by atoms with E-state index >= 15 is 9.18 Å². The number of rotatable bonds is 11. The summed E-state index contributed by atoms with van der Waals surface area (Å²) in [6.45, 7) is 16.2. The number of nitrogens with one attached hydrogen (secondary N) is 5. The van der Waals surface area contributed by atoms with Gasteiger partial charge in [0.1, 0.15) is 39.7 Å². The highest BCUT2D eigenvalue weighted by Crippen LogP contribution is 2.37. The lowest BCUT2D eigenvalue weighted by Crippen LogP contribution is -2.57. The van der Waals surface area contributed by atoms with Gasteiger partial charge in [0.2, 0.25) is 17.7 Å². The van der Waals surface area contributed by atoms with Gasteiger partial charge in [0, 0.05) is 67.5 Å². The van der Waals surface area contributed by atoms with Crippen LogP contribution >= 0.6 is 27.7 Å². The van der Waals surface area contributed by atoms with Crippen LogP contribution in [-0.4, -0.2) is 106 Å². The molecule has 5 amide bonds. The number of alkyl carbamates (subject to hydrolysis) is 2. The van der Waals surface area contributed by atoms with Gasteiger partial charge < -0.3 is 45.7 Å². The third kappa shape index (κ3) is 16.9. The second kappa shape index (κ2) is 24.6. The lowest BCUT2D eigenvalue weighted by molar-refractivity contribution is -0.142. The fraction of sp³-hybridized carbons (Fsp3) is 0.510. The molecular formula is C51H68BrFN8O9S. The molecule has 1 aliphatic rings. The van der Waals surface area contributed by atoms with Crippen molar-refractivity contribution >= 4 is 74.6 Å². The first-order chi connectivity index (χ1) is 33.3. The molecule has 386 valence electrons. The van der Waals surface area contributed by atoms with Gasteiger partial charge >= 0.3 is 18.3 Å². The van der Waals surface area contributed by atoms with E-state index in [2.05, 4.69) is 47.5 Å². The Hall–Kier alpha value is -5.73. The second-order valence-electron chi connectivity index (χ2n) is 20.3. The van der Waals surface area contributed by atoms with Gasteiger partial charge in [-0.2, -0.15) is 0 Å². The largest absolute Gasteiger partial charge is 0.444 e. The van der Waals surface area contributed by atoms with Crippen molar-refractivity contribution in [1.82, 2.24) is 41.0 Å². The van der Waals surface area contributed by atoms with Gasteiger partial charge in [-0.1, -0.05) is 52.0 Å². The van der Waals surface area contributed by atoms with Gasteiger partial charge in [0.25, 0.3) is 0 Å². The Morgan fingerprint density at radius 3 is 2.10 bits per heavy atom. The van der Waals surface area contributed by atoms with Gasteiger partial charge in [-0.05, 0) is 130 Å². The molecule has 71 heavy (non-hydrogen) atoms. The highest BCUT2D eigenvalue weighted by atomic mass is 79.9. The number of nitrogens with zero attached hydrogens (tertiary/aromatic N) is 3. The van der Waals surface area contributed by atoms with Gasteiger partial charge in [0.15, 0.2) is 0 Å². The summed E-state index contributed by atoms with van der Waals surface area (Å²) >= 11 is 4.65. The first-order valence-electron chi connectivity index (χ1n) is 23.7. The Bertz CT molecular complexity index is 2560. The van der Waals surface area contributed by atoms with E-state index in [-0.39, 0.29) is 50.3 Å². The molecule has 2 aromatic carbocycles. The first kappa shape index (κ1) is 56.2. The quantitative estimate of drug-likeness (QED) is 0.0707. The number of pyridine rings is 1. The normalized spacial score (nSPS) is 17.5. The molecule has 5 rings (SSSR count). The number of carbonyl (C=O) groups excluding carboxylic acids is 6. The molecule has 1 aliphatic heterocycles. The zero-order chi connectivity index (χ0) is 52.3. The molecule has 0 unspecified atom stereocenters. The molecule has 17 nitrogen and oxygen atoms in total. The number of benzene rings is 2. The van der Waals surface area contributed by atoms with Crippen molar-refractivity contribution in [3.63, 3.8) is 0 Å². The standard InChI is InChI=1S/C51H68BrFN8O9S/c1-49(2,3)68-46(65)55-24-14-13-19-38-45(64)60(10)40(27-32-30-61(48(67)70-51(7,8)9)39-21-12-11-18-33(32)39)43(63)58-29-34-35(52)22-23-36(53)41(34)71-44-31(17-15-25-54-44)28-57-37(42(62)59-38)20-16-26-56-47(66)69-50(4,5)6/h11-12,15,17-18,21-23,25,30,37-38,40,57H,13-14,16,19-20,24,26-29H2,1-10H3,(H,55,65)(H,56,66)(H,58,63)(H,59,62)/t37-,38-,40-/m0/s1. The van der Waals surface area contributed by atoms with Crippen molar-refractivity contribution in [2.75, 3.05) is 20.1 Å². The number of para-hydroxylation sites is 1. The van der Waals surface area contributed by atoms with Crippen molar-refractivity contribution in [2.45, 2.75) is 159 Å². The third-order valence-corrected chi connectivity index (χ3v) is 12.9. The minimum absolute atomic E-state index is 0.0804. The molecule has 3 heterocycles. The molecule has 5 N–H and O–H groups in total. The summed E-state index contributed by atoms with van der Waals surface area (Å²) in [5.41, 5.74) is -0.0699. The zero-order valence-electron chi connectivity index (χ0n) is 42.3. The van der Waals surface area contributed by atoms with Crippen LogP contribution in [-0.2, 0) is 48.1 Å². The Kier molecular flexibility index (Phi) is 19.5. The van der Waals surface area contributed by atoms with Crippen LogP contribution in [0.2, 0.25) is 0 Å². The van der Waals surface area contributed by atoms with Crippen LogP contribution in [0.15, 0.2) is 75.3 Å². The van der Waals surface area contributed by atoms with Crippen molar-refractivity contribution < 1.29 is 47.4 Å². The number of hydrogen-bond donors (Lipinski definition) is 5. The molecule has 0 radical (unpaired) electrons. The molecule has 20 heteroatoms. The number of hydrogen-bond acceptors (Lipinski definition) is 12. The maximum absolute atomic E-state index is 16.0. The highest BCUT2D eigenvalue weighted by Gasteiger charge is 2.35. The molecule has 3 atom stereocenters. The number of halogens is 2. The Morgan fingerprint density at radius 1 is 0.803 bits per heavy atom. The third-order valence-electron chi connectivity index (χ3n) is 11.0. The molecule has 0 bridgehead atoms. The van der Waals surface area contributed by atoms with E-state index in [0.717, 1.165) is 11.8 Å². The average Bonchev–Trinajstić information content (AvgIpc) is 3.64. The number of ether oxygens (including phenoxy) is 3. The maximum atomic E-state index is 16.0. The second-order valence-corrected chi connectivity index (χ2v) is 22.2. The van der Waals surface area contributed by atoms with E-state index < -0.39 is 76.7 Å². The molecule has 0 saturated carbocycles. The van der Waals surface area contributed by atoms with Crippen LogP contribution in [0.5, 0.6) is 0 Å². The molecule has 0 fully saturated rings. The van der Waals surface area contributed by atoms with Gasteiger partial charge in [-0.15, -0.1) is 0 Å². The number of amides is 5. The Labute approximate surface area is 428 Å². The average molecular weight is 1070 g/mol. The van der Waals surface area contributed by atoms with E-state index in [0.29, 0.717) is 56.4 Å². The minimum atomic E-state index is -1.23. The lowest BCUT2D eigenvalue weighted by Gasteiger charge is -2.32. The van der Waals surface area contributed by atoms with Crippen molar-refractivity contribution in [3.05, 3.63) is 87.9 Å². The maximum Gasteiger partial charge on any atom is 0.419 e. The molecule has 0 saturated heterocycles. The highest BCUT2D eigenvalue weighted by molar-refractivity contribution is 9.10. The predicted octanol–water partition coefficient (Wildman–Crippen LogP) is 8.51. The summed E-state index contributed by atoms with van der Waals surface area (Å²) in [4.78, 5) is 89.1. The van der Waals surface area contributed by atoms with Crippen molar-refractivity contribution in [2.24, 2.45) is 0 Å². The summed E-state index contributed by atoms with van der Waals surface area (Å²) in [7, 11) is 1.48. The van der Waals surface area contributed by atoms with Gasteiger partial charge in [0.05, 0.1) is 16.5 Å². The smallest absolute Gasteiger partial charge is 0.419 e. The van der Waals surface area contributed by atoms with E-state index in [1.165, 1.54) is 22.6 Å². The van der Waals surface area contributed by atoms with E-state index in [9.17, 15) is 24.0 Å². The van der Waals surface area contributed by atoms with E-state index in [1.807, 2.05) is 12.1 Å². The van der Waals surface area contributed by atoms with Crippen LogP contribution in [0.3, 0.4) is 0 Å². The molecule has 0 spiro atoms. The molecule has 2 aromatic heterocycles. The summed E-state index contributed by atoms with van der Waals surface area (Å²) in [5, 5.41) is 15.8. The number of aromatic nitrogens is 2.